The molecular formula is C10H5NO8-2. The van der Waals surface area contributed by atoms with E-state index in [4.69, 9.17) is 5.11 Å². The quantitative estimate of drug-likeness (QED) is 0.359. The molecule has 0 atom stereocenters. The smallest absolute Gasteiger partial charge is 0.335 e. The molecule has 0 aliphatic rings. The first-order valence-electron chi connectivity index (χ1n) is 4.69. The van der Waals surface area contributed by atoms with Crippen LogP contribution >= 0.6 is 0 Å². The summed E-state index contributed by atoms with van der Waals surface area (Å²) in [5.41, 5.74) is -2.14. The van der Waals surface area contributed by atoms with Gasteiger partial charge in [-0.2, -0.15) is 0 Å². The number of rotatable bonds is 5. The molecule has 9 heteroatoms. The van der Waals surface area contributed by atoms with Crippen molar-refractivity contribution in [2.75, 3.05) is 0 Å². The van der Waals surface area contributed by atoms with E-state index >= 15 is 0 Å². The molecule has 0 spiro atoms. The maximum atomic E-state index is 10.7. The van der Waals surface area contributed by atoms with Crippen molar-refractivity contribution in [2.24, 2.45) is 0 Å². The minimum absolute atomic E-state index is 0.481. The number of carbonyl (C=O) groups is 3. The minimum Gasteiger partial charge on any atom is -0.549 e. The van der Waals surface area contributed by atoms with Crippen molar-refractivity contribution in [3.63, 3.8) is 0 Å². The summed E-state index contributed by atoms with van der Waals surface area (Å²) >= 11 is 0. The fourth-order valence-corrected chi connectivity index (χ4v) is 1.43. The Kier molecular flexibility index (Phi) is 3.80. The van der Waals surface area contributed by atoms with Crippen molar-refractivity contribution in [3.05, 3.63) is 39.4 Å². The lowest BCUT2D eigenvalue weighted by atomic mass is 9.96. The van der Waals surface area contributed by atoms with Gasteiger partial charge in [0.05, 0.1) is 28.3 Å². The third-order valence-corrected chi connectivity index (χ3v) is 2.26. The van der Waals surface area contributed by atoms with Crippen LogP contribution in [0.2, 0.25) is 0 Å². The van der Waals surface area contributed by atoms with Gasteiger partial charge in [-0.1, -0.05) is 6.07 Å². The second kappa shape index (κ2) is 5.12. The Balaban J connectivity index is 3.50. The Hall–Kier alpha value is -2.97. The lowest BCUT2D eigenvalue weighted by molar-refractivity contribution is -0.386. The van der Waals surface area contributed by atoms with Crippen molar-refractivity contribution in [1.29, 1.82) is 0 Å². The fourth-order valence-electron chi connectivity index (χ4n) is 1.43. The molecule has 100 valence electrons. The molecule has 0 aliphatic heterocycles. The minimum atomic E-state index is -2.36. The second-order valence-corrected chi connectivity index (χ2v) is 3.41. The molecule has 19 heavy (non-hydrogen) atoms. The van der Waals surface area contributed by atoms with Crippen LogP contribution in [0, 0.1) is 10.1 Å². The summed E-state index contributed by atoms with van der Waals surface area (Å²) in [5, 5.41) is 40.7. The number of nitro benzene ring substituents is 1. The number of hydrogen-bond donors (Lipinski definition) is 1. The average molecular weight is 267 g/mol. The molecule has 0 fully saturated rings. The molecule has 0 aromatic heterocycles. The van der Waals surface area contributed by atoms with Crippen molar-refractivity contribution in [3.8, 4) is 0 Å². The van der Waals surface area contributed by atoms with Crippen molar-refractivity contribution < 1.29 is 34.6 Å². The summed E-state index contributed by atoms with van der Waals surface area (Å²) in [6.07, 6.45) is 0. The molecule has 0 unspecified atom stereocenters. The number of nitro groups is 1. The summed E-state index contributed by atoms with van der Waals surface area (Å²) in [4.78, 5) is 41.6. The zero-order valence-electron chi connectivity index (χ0n) is 9.06. The van der Waals surface area contributed by atoms with Crippen LogP contribution in [0.1, 0.15) is 21.8 Å². The van der Waals surface area contributed by atoms with E-state index in [9.17, 15) is 34.7 Å². The Morgan fingerprint density at radius 3 is 2.05 bits per heavy atom. The molecule has 1 N–H and O–H groups in total. The van der Waals surface area contributed by atoms with Crippen LogP contribution < -0.4 is 10.2 Å². The van der Waals surface area contributed by atoms with E-state index in [0.29, 0.717) is 6.07 Å². The van der Waals surface area contributed by atoms with Gasteiger partial charge in [-0.25, -0.2) is 4.79 Å². The van der Waals surface area contributed by atoms with Crippen molar-refractivity contribution in [2.45, 2.75) is 5.92 Å². The molecule has 0 saturated carbocycles. The molecule has 0 bridgehead atoms. The summed E-state index contributed by atoms with van der Waals surface area (Å²) < 4.78 is 0. The molecule has 9 nitrogen and oxygen atoms in total. The number of hydrogen-bond acceptors (Lipinski definition) is 7. The summed E-state index contributed by atoms with van der Waals surface area (Å²) in [6, 6.07) is 2.15. The zero-order chi connectivity index (χ0) is 14.7. The predicted molar refractivity (Wildman–Crippen MR) is 52.8 cm³/mol. The van der Waals surface area contributed by atoms with Gasteiger partial charge in [-0.15, -0.1) is 0 Å². The fraction of sp³-hybridized carbons (Fsp3) is 0.100. The monoisotopic (exact) mass is 267 g/mol. The Morgan fingerprint density at radius 1 is 1.16 bits per heavy atom. The van der Waals surface area contributed by atoms with Crippen molar-refractivity contribution in [1.82, 2.24) is 0 Å². The highest BCUT2D eigenvalue weighted by Gasteiger charge is 2.25. The second-order valence-electron chi connectivity index (χ2n) is 3.41. The number of carboxylic acid groups (broad SMARTS) is 3. The van der Waals surface area contributed by atoms with Gasteiger partial charge in [0.25, 0.3) is 5.69 Å². The van der Waals surface area contributed by atoms with Gasteiger partial charge in [-0.3, -0.25) is 10.1 Å². The molecular weight excluding hydrogens is 262 g/mol. The molecule has 0 heterocycles. The van der Waals surface area contributed by atoms with Crippen LogP contribution in [-0.4, -0.2) is 27.9 Å². The van der Waals surface area contributed by atoms with E-state index in [0.717, 1.165) is 12.1 Å². The van der Waals surface area contributed by atoms with E-state index in [1.54, 1.807) is 0 Å². The third kappa shape index (κ3) is 2.83. The normalized spacial score (nSPS) is 10.2. The SMILES string of the molecule is O=C(O)c1ccc(C(C(=O)[O-])C(=O)[O-])c([N+](=O)[O-])c1. The maximum absolute atomic E-state index is 10.7. The Labute approximate surface area is 104 Å². The van der Waals surface area contributed by atoms with Gasteiger partial charge >= 0.3 is 5.97 Å². The zero-order valence-corrected chi connectivity index (χ0v) is 9.06. The summed E-state index contributed by atoms with van der Waals surface area (Å²) in [5.74, 6) is -8.02. The van der Waals surface area contributed by atoms with Gasteiger partial charge in [0.15, 0.2) is 0 Å². The first kappa shape index (κ1) is 14.1. The molecule has 0 aliphatic carbocycles. The number of nitrogens with zero attached hydrogens (tertiary/aromatic N) is 1. The van der Waals surface area contributed by atoms with Gasteiger partial charge < -0.3 is 24.9 Å². The highest BCUT2D eigenvalue weighted by atomic mass is 16.6. The van der Waals surface area contributed by atoms with E-state index in [2.05, 4.69) is 0 Å². The lowest BCUT2D eigenvalue weighted by Crippen LogP contribution is -2.41. The van der Waals surface area contributed by atoms with Gasteiger partial charge in [0.2, 0.25) is 0 Å². The highest BCUT2D eigenvalue weighted by molar-refractivity contribution is 5.98. The van der Waals surface area contributed by atoms with Crippen LogP contribution in [-0.2, 0) is 9.59 Å². The number of carbonyl (C=O) groups excluding carboxylic acids is 2. The van der Waals surface area contributed by atoms with E-state index in [-0.39, 0.29) is 0 Å². The van der Waals surface area contributed by atoms with Crippen LogP contribution in [0.25, 0.3) is 0 Å². The Morgan fingerprint density at radius 2 is 1.68 bits per heavy atom. The molecule has 0 amide bonds. The van der Waals surface area contributed by atoms with E-state index in [1.165, 1.54) is 0 Å². The molecule has 0 radical (unpaired) electrons. The summed E-state index contributed by atoms with van der Waals surface area (Å²) in [7, 11) is 0. The number of aromatic carboxylic acids is 1. The van der Waals surface area contributed by atoms with E-state index in [1.807, 2.05) is 0 Å². The molecule has 1 rings (SSSR count). The lowest BCUT2D eigenvalue weighted by Gasteiger charge is -2.19. The maximum Gasteiger partial charge on any atom is 0.335 e. The molecule has 1 aromatic carbocycles. The number of aliphatic carboxylic acids is 2. The molecule has 0 saturated heterocycles. The van der Waals surface area contributed by atoms with Crippen molar-refractivity contribution >= 4 is 23.6 Å². The van der Waals surface area contributed by atoms with Gasteiger partial charge in [-0.05, 0) is 6.07 Å². The topological polar surface area (TPSA) is 161 Å². The van der Waals surface area contributed by atoms with Gasteiger partial charge in [0.1, 0.15) is 0 Å². The predicted octanol–water partition coefficient (Wildman–Crippen LogP) is -2.12. The molecule has 1 aromatic rings. The highest BCUT2D eigenvalue weighted by Crippen LogP contribution is 2.27. The van der Waals surface area contributed by atoms with Crippen LogP contribution in [0.3, 0.4) is 0 Å². The largest absolute Gasteiger partial charge is 0.549 e. The first-order valence-corrected chi connectivity index (χ1v) is 4.69. The van der Waals surface area contributed by atoms with Crippen LogP contribution in [0.5, 0.6) is 0 Å². The summed E-state index contributed by atoms with van der Waals surface area (Å²) in [6.45, 7) is 0. The van der Waals surface area contributed by atoms with Gasteiger partial charge in [0, 0.05) is 11.6 Å². The van der Waals surface area contributed by atoms with Crippen LogP contribution in [0.15, 0.2) is 18.2 Å². The number of carboxylic acids is 3. The first-order chi connectivity index (χ1) is 8.75. The standard InChI is InChI=1S/C10H7NO8/c12-8(13)4-1-2-5(6(3-4)11(18)19)7(9(14)15)10(16)17/h1-3,7H,(H,12,13)(H,14,15)(H,16,17)/p-2. The number of benzene rings is 1. The Bertz CT molecular complexity index is 565. The average Bonchev–Trinajstić information content (AvgIpc) is 2.27. The van der Waals surface area contributed by atoms with E-state index < -0.39 is 45.6 Å². The third-order valence-electron chi connectivity index (χ3n) is 2.26. The van der Waals surface area contributed by atoms with Crippen LogP contribution in [0.4, 0.5) is 5.69 Å².